The van der Waals surface area contributed by atoms with Gasteiger partial charge in [-0.25, -0.2) is 4.99 Å². The number of benzene rings is 1. The molecule has 0 atom stereocenters. The molecule has 0 bridgehead atoms. The SMILES string of the molecule is C=C1NC(C)=Nc2cc3c(cc21)N(CCCC)C(=C)C3(C)C. The molecule has 0 aromatic heterocycles. The second kappa shape index (κ2) is 5.01. The van der Waals surface area contributed by atoms with Crippen LogP contribution >= 0.6 is 0 Å². The van der Waals surface area contributed by atoms with Crippen LogP contribution in [0.3, 0.4) is 0 Å². The highest BCUT2D eigenvalue weighted by atomic mass is 15.2. The number of fused-ring (bicyclic) bond motifs is 2. The maximum atomic E-state index is 4.65. The molecule has 0 amide bonds. The first-order valence-electron chi connectivity index (χ1n) is 8.03. The minimum Gasteiger partial charge on any atom is -0.345 e. The fourth-order valence-corrected chi connectivity index (χ4v) is 3.34. The predicted octanol–water partition coefficient (Wildman–Crippen LogP) is 4.72. The molecule has 3 nitrogen and oxygen atoms in total. The third-order valence-corrected chi connectivity index (χ3v) is 4.81. The van der Waals surface area contributed by atoms with E-state index in [4.69, 9.17) is 0 Å². The number of unbranched alkanes of at least 4 members (excludes halogenated alkanes) is 1. The van der Waals surface area contributed by atoms with E-state index >= 15 is 0 Å². The van der Waals surface area contributed by atoms with E-state index in [-0.39, 0.29) is 5.41 Å². The minimum absolute atomic E-state index is 0.0479. The van der Waals surface area contributed by atoms with Gasteiger partial charge in [-0.1, -0.05) is 40.3 Å². The lowest BCUT2D eigenvalue weighted by Gasteiger charge is -2.25. The first-order valence-corrected chi connectivity index (χ1v) is 8.03. The Kier molecular flexibility index (Phi) is 3.39. The van der Waals surface area contributed by atoms with Gasteiger partial charge >= 0.3 is 0 Å². The van der Waals surface area contributed by atoms with Gasteiger partial charge in [0.1, 0.15) is 5.84 Å². The van der Waals surface area contributed by atoms with Crippen LogP contribution in [0.5, 0.6) is 0 Å². The van der Waals surface area contributed by atoms with Crippen molar-refractivity contribution in [3.63, 3.8) is 0 Å². The highest BCUT2D eigenvalue weighted by Gasteiger charge is 2.39. The van der Waals surface area contributed by atoms with Crippen molar-refractivity contribution in [1.29, 1.82) is 0 Å². The number of amidine groups is 1. The highest BCUT2D eigenvalue weighted by Crippen LogP contribution is 2.50. The number of nitrogens with one attached hydrogen (secondary N) is 1. The van der Waals surface area contributed by atoms with Crippen LogP contribution in [-0.2, 0) is 5.41 Å². The molecule has 116 valence electrons. The van der Waals surface area contributed by atoms with Crippen LogP contribution in [0, 0.1) is 0 Å². The van der Waals surface area contributed by atoms with Crippen LogP contribution in [0.4, 0.5) is 11.4 Å². The molecule has 0 spiro atoms. The van der Waals surface area contributed by atoms with E-state index in [1.165, 1.54) is 29.8 Å². The summed E-state index contributed by atoms with van der Waals surface area (Å²) in [5.74, 6) is 0.898. The molecule has 0 fully saturated rings. The molecular weight excluding hydrogens is 270 g/mol. The van der Waals surface area contributed by atoms with Crippen LogP contribution in [0.25, 0.3) is 5.70 Å². The van der Waals surface area contributed by atoms with Crippen molar-refractivity contribution in [3.05, 3.63) is 42.1 Å². The number of hydrogen-bond donors (Lipinski definition) is 1. The molecular formula is C19H25N3. The second-order valence-corrected chi connectivity index (χ2v) is 6.76. The largest absolute Gasteiger partial charge is 0.345 e. The van der Waals surface area contributed by atoms with Gasteiger partial charge in [-0.2, -0.15) is 0 Å². The summed E-state index contributed by atoms with van der Waals surface area (Å²) >= 11 is 0. The number of nitrogens with zero attached hydrogens (tertiary/aromatic N) is 2. The zero-order chi connectivity index (χ0) is 16.1. The molecule has 3 rings (SSSR count). The Labute approximate surface area is 133 Å². The van der Waals surface area contributed by atoms with E-state index in [2.05, 4.69) is 61.3 Å². The molecule has 3 heteroatoms. The molecule has 1 N–H and O–H groups in total. The first-order chi connectivity index (χ1) is 10.4. The van der Waals surface area contributed by atoms with Gasteiger partial charge in [-0.15, -0.1) is 0 Å². The van der Waals surface area contributed by atoms with Crippen molar-refractivity contribution in [1.82, 2.24) is 5.32 Å². The van der Waals surface area contributed by atoms with Gasteiger partial charge in [0.2, 0.25) is 0 Å². The normalized spacial score (nSPS) is 18.7. The fourth-order valence-electron chi connectivity index (χ4n) is 3.34. The van der Waals surface area contributed by atoms with Crippen molar-refractivity contribution in [2.24, 2.45) is 4.99 Å². The van der Waals surface area contributed by atoms with E-state index in [0.29, 0.717) is 0 Å². The summed E-state index contributed by atoms with van der Waals surface area (Å²) in [5, 5.41) is 3.23. The lowest BCUT2D eigenvalue weighted by Crippen LogP contribution is -2.26. The van der Waals surface area contributed by atoms with Gasteiger partial charge in [0.25, 0.3) is 0 Å². The van der Waals surface area contributed by atoms with E-state index in [9.17, 15) is 0 Å². The van der Waals surface area contributed by atoms with Gasteiger partial charge in [-0.05, 0) is 31.0 Å². The minimum atomic E-state index is -0.0479. The maximum absolute atomic E-state index is 4.65. The molecule has 0 unspecified atom stereocenters. The second-order valence-electron chi connectivity index (χ2n) is 6.76. The topological polar surface area (TPSA) is 27.6 Å². The quantitative estimate of drug-likeness (QED) is 0.873. The van der Waals surface area contributed by atoms with Gasteiger partial charge in [0.05, 0.1) is 5.69 Å². The summed E-state index contributed by atoms with van der Waals surface area (Å²) in [4.78, 5) is 7.02. The van der Waals surface area contributed by atoms with Crippen LogP contribution in [-0.4, -0.2) is 12.4 Å². The number of aliphatic imine (C=N–C) groups is 1. The van der Waals surface area contributed by atoms with Crippen molar-refractivity contribution in [3.8, 4) is 0 Å². The summed E-state index contributed by atoms with van der Waals surface area (Å²) in [6, 6.07) is 4.45. The molecule has 0 saturated carbocycles. The van der Waals surface area contributed by atoms with Crippen molar-refractivity contribution < 1.29 is 0 Å². The number of hydrogen-bond acceptors (Lipinski definition) is 3. The van der Waals surface area contributed by atoms with Crippen molar-refractivity contribution in [2.75, 3.05) is 11.4 Å². The zero-order valence-electron chi connectivity index (χ0n) is 14.1. The van der Waals surface area contributed by atoms with Crippen molar-refractivity contribution >= 4 is 22.9 Å². The number of rotatable bonds is 3. The lowest BCUT2D eigenvalue weighted by atomic mass is 9.83. The van der Waals surface area contributed by atoms with Gasteiger partial charge < -0.3 is 10.2 Å². The summed E-state index contributed by atoms with van der Waals surface area (Å²) in [6.07, 6.45) is 2.35. The van der Waals surface area contributed by atoms with E-state index < -0.39 is 0 Å². The van der Waals surface area contributed by atoms with Crippen LogP contribution in [0.1, 0.15) is 51.7 Å². The number of anilines is 1. The zero-order valence-corrected chi connectivity index (χ0v) is 14.1. The third-order valence-electron chi connectivity index (χ3n) is 4.81. The fraction of sp³-hybridized carbons (Fsp3) is 0.421. The standard InChI is InChI=1S/C19H25N3/c1-7-8-9-22-13(3)19(5,6)16-11-17-15(10-18(16)22)12(2)20-14(4)21-17/h10-11H,2-3,7-9H2,1,4-6H3,(H,20,21). The molecule has 2 aliphatic heterocycles. The smallest absolute Gasteiger partial charge is 0.103 e. The predicted molar refractivity (Wildman–Crippen MR) is 95.8 cm³/mol. The molecule has 0 saturated heterocycles. The molecule has 0 aliphatic carbocycles. The van der Waals surface area contributed by atoms with Gasteiger partial charge in [0, 0.05) is 34.6 Å². The Bertz CT molecular complexity index is 695. The molecule has 22 heavy (non-hydrogen) atoms. The summed E-state index contributed by atoms with van der Waals surface area (Å²) in [7, 11) is 0. The lowest BCUT2D eigenvalue weighted by molar-refractivity contribution is 0.627. The average molecular weight is 295 g/mol. The van der Waals surface area contributed by atoms with Gasteiger partial charge in [-0.3, -0.25) is 0 Å². The average Bonchev–Trinajstić information content (AvgIpc) is 2.63. The first kappa shape index (κ1) is 14.9. The third kappa shape index (κ3) is 2.07. The Hall–Kier alpha value is -2.03. The van der Waals surface area contributed by atoms with Crippen LogP contribution < -0.4 is 10.2 Å². The summed E-state index contributed by atoms with van der Waals surface area (Å²) in [6.45, 7) is 18.2. The Morgan fingerprint density at radius 3 is 2.68 bits per heavy atom. The van der Waals surface area contributed by atoms with Crippen LogP contribution in [0.2, 0.25) is 0 Å². The van der Waals surface area contributed by atoms with E-state index in [1.807, 2.05) is 6.92 Å². The highest BCUT2D eigenvalue weighted by molar-refractivity contribution is 5.97. The van der Waals surface area contributed by atoms with E-state index in [0.717, 1.165) is 29.3 Å². The molecule has 2 aliphatic rings. The van der Waals surface area contributed by atoms with Crippen molar-refractivity contribution in [2.45, 2.75) is 46.0 Å². The molecule has 0 radical (unpaired) electrons. The maximum Gasteiger partial charge on any atom is 0.103 e. The Balaban J connectivity index is 2.16. The number of allylic oxidation sites excluding steroid dienone is 1. The molecule has 2 heterocycles. The summed E-state index contributed by atoms with van der Waals surface area (Å²) in [5.41, 5.74) is 6.75. The van der Waals surface area contributed by atoms with Crippen LogP contribution in [0.15, 0.2) is 36.0 Å². The van der Waals surface area contributed by atoms with Gasteiger partial charge in [0.15, 0.2) is 0 Å². The van der Waals surface area contributed by atoms with E-state index in [1.54, 1.807) is 0 Å². The Morgan fingerprint density at radius 2 is 2.00 bits per heavy atom. The Morgan fingerprint density at radius 1 is 1.27 bits per heavy atom. The molecule has 1 aromatic carbocycles. The summed E-state index contributed by atoms with van der Waals surface area (Å²) < 4.78 is 0. The monoisotopic (exact) mass is 295 g/mol. The molecule has 1 aromatic rings.